The Hall–Kier alpha value is -15.7. The van der Waals surface area contributed by atoms with Crippen molar-refractivity contribution in [2.75, 3.05) is 0 Å². The number of carbonyl (C=O) groups excluding carboxylic acids is 4. The van der Waals surface area contributed by atoms with Gasteiger partial charge in [-0.2, -0.15) is 0 Å². The smallest absolute Gasteiger partial charge is 0.315 e. The Bertz CT molecular complexity index is 5660. The highest BCUT2D eigenvalue weighted by molar-refractivity contribution is 5.97. The number of benzene rings is 16. The number of esters is 4. The molecule has 0 bridgehead atoms. The van der Waals surface area contributed by atoms with Gasteiger partial charge in [0.15, 0.2) is 0 Å². The third-order valence-corrected chi connectivity index (χ3v) is 25.7. The molecular formula is C112H88O16. The van der Waals surface area contributed by atoms with Gasteiger partial charge in [-0.15, -0.1) is 0 Å². The van der Waals surface area contributed by atoms with Gasteiger partial charge in [0.25, 0.3) is 0 Å². The van der Waals surface area contributed by atoms with Crippen LogP contribution in [0.25, 0.3) is 43.1 Å². The standard InChI is InChI=1S/4C28H22O4/c4*29-27(30)25-23(19-11-3-1-4-12-19)26(24(25)20-13-5-2-6-14-20)28(31)32-22-17-9-15-18-10-7-8-16-21(18)22/h4*1-17,23-26H,(H,29,30)/t4*23-,24-,25?,26?/m1100/s1. The Kier molecular flexibility index (Phi) is 25.2. The predicted molar refractivity (Wildman–Crippen MR) is 490 cm³/mol. The molecule has 0 spiro atoms. The maximum Gasteiger partial charge on any atom is 0.315 e. The maximum atomic E-state index is 13.6. The third kappa shape index (κ3) is 17.3. The lowest BCUT2D eigenvalue weighted by atomic mass is 9.52. The summed E-state index contributed by atoms with van der Waals surface area (Å²) < 4.78 is 23.7. The van der Waals surface area contributed by atoms with Crippen LogP contribution in [0, 0.1) is 47.3 Å². The molecule has 16 heteroatoms. The zero-order valence-electron chi connectivity index (χ0n) is 69.2. The summed E-state index contributed by atoms with van der Waals surface area (Å²) in [7, 11) is 0. The average molecular weight is 1690 g/mol. The van der Waals surface area contributed by atoms with E-state index >= 15 is 0 Å². The molecule has 20 rings (SSSR count). The van der Waals surface area contributed by atoms with Gasteiger partial charge in [-0.05, 0) is 90.3 Å². The molecule has 0 aromatic heterocycles. The van der Waals surface area contributed by atoms with Crippen LogP contribution in [0.15, 0.2) is 413 Å². The number of carboxylic acid groups (broad SMARTS) is 4. The largest absolute Gasteiger partial charge is 0.481 e. The van der Waals surface area contributed by atoms with E-state index in [1.807, 2.05) is 388 Å². The van der Waals surface area contributed by atoms with Gasteiger partial charge in [-0.25, -0.2) is 0 Å². The van der Waals surface area contributed by atoms with Crippen LogP contribution in [0.3, 0.4) is 0 Å². The van der Waals surface area contributed by atoms with Crippen LogP contribution < -0.4 is 18.9 Å². The molecule has 0 saturated heterocycles. The number of fused-ring (bicyclic) bond motifs is 4. The molecule has 4 saturated carbocycles. The lowest BCUT2D eigenvalue weighted by Gasteiger charge is -2.49. The van der Waals surface area contributed by atoms with Crippen LogP contribution in [0.5, 0.6) is 23.0 Å². The normalized spacial score (nSPS) is 22.1. The van der Waals surface area contributed by atoms with Gasteiger partial charge < -0.3 is 39.4 Å². The molecule has 0 amide bonds. The summed E-state index contributed by atoms with van der Waals surface area (Å²) in [6, 6.07) is 129. The first kappa shape index (κ1) is 84.5. The number of hydrogen-bond acceptors (Lipinski definition) is 12. The monoisotopic (exact) mass is 1690 g/mol. The van der Waals surface area contributed by atoms with Crippen molar-refractivity contribution in [3.63, 3.8) is 0 Å². The van der Waals surface area contributed by atoms with E-state index < -0.39 is 142 Å². The van der Waals surface area contributed by atoms with Crippen molar-refractivity contribution in [3.8, 4) is 23.0 Å². The first-order chi connectivity index (χ1) is 62.6. The second-order valence-electron chi connectivity index (χ2n) is 32.6. The van der Waals surface area contributed by atoms with E-state index in [9.17, 15) is 58.8 Å². The predicted octanol–water partition coefficient (Wildman–Crippen LogP) is 22.6. The van der Waals surface area contributed by atoms with Crippen molar-refractivity contribution >= 4 is 90.8 Å². The minimum Gasteiger partial charge on any atom is -0.481 e. The van der Waals surface area contributed by atoms with E-state index in [4.69, 9.17) is 18.9 Å². The summed E-state index contributed by atoms with van der Waals surface area (Å²) in [6.45, 7) is 0. The molecule has 0 unspecified atom stereocenters. The number of aliphatic carboxylic acids is 4. The molecule has 16 nitrogen and oxygen atoms in total. The van der Waals surface area contributed by atoms with Crippen molar-refractivity contribution in [3.05, 3.63) is 457 Å². The van der Waals surface area contributed by atoms with E-state index in [0.717, 1.165) is 87.6 Å². The fraction of sp³-hybridized carbons (Fsp3) is 0.143. The van der Waals surface area contributed by atoms with Crippen LogP contribution >= 0.6 is 0 Å². The molecule has 4 N–H and O–H groups in total. The molecule has 8 atom stereocenters. The second kappa shape index (κ2) is 38.2. The van der Waals surface area contributed by atoms with E-state index in [2.05, 4.69) is 0 Å². The van der Waals surface area contributed by atoms with Crippen molar-refractivity contribution in [1.29, 1.82) is 0 Å². The van der Waals surface area contributed by atoms with Gasteiger partial charge in [0.2, 0.25) is 0 Å². The fourth-order valence-corrected chi connectivity index (χ4v) is 20.0. The van der Waals surface area contributed by atoms with Crippen LogP contribution in [0.2, 0.25) is 0 Å². The Morgan fingerprint density at radius 3 is 0.438 bits per heavy atom. The number of hydrogen-bond donors (Lipinski definition) is 4. The second-order valence-corrected chi connectivity index (χ2v) is 32.6. The van der Waals surface area contributed by atoms with Gasteiger partial charge in [-0.1, -0.05) is 388 Å². The Balaban J connectivity index is 0.000000120. The summed E-state index contributed by atoms with van der Waals surface area (Å²) >= 11 is 0. The molecule has 632 valence electrons. The molecule has 4 fully saturated rings. The van der Waals surface area contributed by atoms with Crippen molar-refractivity contribution in [2.24, 2.45) is 47.3 Å². The van der Waals surface area contributed by atoms with E-state index in [-0.39, 0.29) is 0 Å². The molecule has 128 heavy (non-hydrogen) atoms. The van der Waals surface area contributed by atoms with E-state index in [1.54, 1.807) is 24.3 Å². The van der Waals surface area contributed by atoms with Gasteiger partial charge in [0.05, 0.1) is 47.3 Å². The first-order valence-electron chi connectivity index (χ1n) is 42.7. The maximum absolute atomic E-state index is 13.6. The van der Waals surface area contributed by atoms with Crippen LogP contribution in [0.4, 0.5) is 0 Å². The highest BCUT2D eigenvalue weighted by Gasteiger charge is 2.63. The molecule has 4 aliphatic rings. The molecule has 0 heterocycles. The van der Waals surface area contributed by atoms with E-state index in [1.165, 1.54) is 0 Å². The zero-order valence-corrected chi connectivity index (χ0v) is 69.2. The zero-order chi connectivity index (χ0) is 88.3. The van der Waals surface area contributed by atoms with Crippen LogP contribution in [0.1, 0.15) is 91.9 Å². The first-order valence-corrected chi connectivity index (χ1v) is 42.7. The molecule has 0 radical (unpaired) electrons. The number of carboxylic acids is 4. The molecule has 16 aromatic carbocycles. The molecule has 16 aromatic rings. The summed E-state index contributed by atoms with van der Waals surface area (Å²) in [5.74, 6) is -12.1. The quantitative estimate of drug-likeness (QED) is 0.0409. The SMILES string of the molecule is O=C(O)C1[C@@H](c2ccccc2)C(C(=O)Oc2cccc3ccccc23)[C@@H]1c1ccccc1.O=C(O)C1[C@@H](c2ccccc2)C(C(=O)Oc2cccc3ccccc23)[C@@H]1c1ccccc1.O=C(O)C1[C@H](c2ccccc2)C(C(=O)Oc2cccc3ccccc23)[C@H]1c1ccccc1.O=C(O)C1[C@H](c2ccccc2)C(C(=O)Oc2cccc3ccccc23)[C@H]1c1ccccc1. The summed E-state index contributed by atoms with van der Waals surface area (Å²) in [4.78, 5) is 103. The minimum atomic E-state index is -0.901. The Labute approximate surface area is 738 Å². The molecular weight excluding hydrogens is 1600 g/mol. The van der Waals surface area contributed by atoms with Crippen molar-refractivity contribution in [1.82, 2.24) is 0 Å². The van der Waals surface area contributed by atoms with E-state index in [0.29, 0.717) is 23.0 Å². The van der Waals surface area contributed by atoms with Gasteiger partial charge in [-0.3, -0.25) is 38.4 Å². The Morgan fingerprint density at radius 1 is 0.156 bits per heavy atom. The lowest BCUT2D eigenvalue weighted by Crippen LogP contribution is -2.52. The highest BCUT2D eigenvalue weighted by Crippen LogP contribution is 2.62. The number of carbonyl (C=O) groups is 8. The topological polar surface area (TPSA) is 254 Å². The van der Waals surface area contributed by atoms with Gasteiger partial charge in [0.1, 0.15) is 23.0 Å². The highest BCUT2D eigenvalue weighted by atomic mass is 16.6. The fourth-order valence-electron chi connectivity index (χ4n) is 20.0. The lowest BCUT2D eigenvalue weighted by molar-refractivity contribution is -0.160. The van der Waals surface area contributed by atoms with Gasteiger partial charge >= 0.3 is 47.8 Å². The number of ether oxygens (including phenoxy) is 4. The average Bonchev–Trinajstić information content (AvgIpc) is 0.736. The number of rotatable bonds is 20. The summed E-state index contributed by atoms with van der Waals surface area (Å²) in [5.41, 5.74) is 6.72. The van der Waals surface area contributed by atoms with Crippen molar-refractivity contribution < 1.29 is 77.7 Å². The minimum absolute atomic E-state index is 0.401. The summed E-state index contributed by atoms with van der Waals surface area (Å²) in [6.07, 6.45) is 0. The van der Waals surface area contributed by atoms with Crippen LogP contribution in [-0.4, -0.2) is 68.2 Å². The molecule has 0 aliphatic heterocycles. The van der Waals surface area contributed by atoms with Crippen molar-refractivity contribution in [2.45, 2.75) is 47.3 Å². The molecule has 4 aliphatic carbocycles. The van der Waals surface area contributed by atoms with Crippen LogP contribution in [-0.2, 0) is 38.4 Å². The summed E-state index contributed by atoms with van der Waals surface area (Å²) in [5, 5.41) is 47.6. The Morgan fingerprint density at radius 2 is 0.289 bits per heavy atom. The van der Waals surface area contributed by atoms with Gasteiger partial charge in [0, 0.05) is 68.9 Å². The third-order valence-electron chi connectivity index (χ3n) is 25.7.